The number of aryl methyl sites for hydroxylation is 2. The number of fused-ring (bicyclic) bond motifs is 4. The number of rotatable bonds is 4. The highest BCUT2D eigenvalue weighted by Gasteiger charge is 2.41. The molecule has 0 amide bonds. The summed E-state index contributed by atoms with van der Waals surface area (Å²) in [5.74, 6) is -7.11. The van der Waals surface area contributed by atoms with Crippen LogP contribution in [0.3, 0.4) is 0 Å². The van der Waals surface area contributed by atoms with Crippen LogP contribution in [0.15, 0.2) is 36.4 Å². The predicted octanol–water partition coefficient (Wildman–Crippen LogP) is 5.17. The molecule has 0 heterocycles. The molecule has 0 spiro atoms. The van der Waals surface area contributed by atoms with Gasteiger partial charge in [-0.15, -0.1) is 0 Å². The molecule has 0 radical (unpaired) electrons. The second-order valence-electron chi connectivity index (χ2n) is 11.6. The molecule has 0 aromatic heterocycles. The molecule has 6 rings (SSSR count). The maximum Gasteiger partial charge on any atom is 0.303 e. The van der Waals surface area contributed by atoms with Crippen LogP contribution < -0.4 is 0 Å². The fourth-order valence-electron chi connectivity index (χ4n) is 6.80. The number of phenols is 4. The number of esters is 1. The van der Waals surface area contributed by atoms with Gasteiger partial charge in [-0.1, -0.05) is 0 Å². The third-order valence-electron chi connectivity index (χ3n) is 8.66. The number of aromatic hydroxyl groups is 4. The number of ketones is 5. The Morgan fingerprint density at radius 2 is 1.02 bits per heavy atom. The monoisotopic (exact) mass is 634 g/mol. The fraction of sp³-hybridized carbons (Fsp3) is 0.167. The van der Waals surface area contributed by atoms with E-state index in [1.807, 2.05) is 0 Å². The normalized spacial score (nSPS) is 13.8. The highest BCUT2D eigenvalue weighted by molar-refractivity contribution is 6.34. The first kappa shape index (κ1) is 30.9. The lowest BCUT2D eigenvalue weighted by Crippen LogP contribution is -2.25. The molecule has 11 heteroatoms. The van der Waals surface area contributed by atoms with Crippen LogP contribution in [-0.2, 0) is 9.53 Å². The molecular weight excluding hydrogens is 608 g/mol. The quantitative estimate of drug-likeness (QED) is 0.148. The van der Waals surface area contributed by atoms with E-state index >= 15 is 0 Å². The number of carbonyl (C=O) groups excluding carboxylic acids is 6. The van der Waals surface area contributed by atoms with Crippen molar-refractivity contribution in [2.75, 3.05) is 0 Å². The summed E-state index contributed by atoms with van der Waals surface area (Å²) < 4.78 is 5.28. The van der Waals surface area contributed by atoms with Crippen molar-refractivity contribution < 1.29 is 53.9 Å². The maximum atomic E-state index is 13.9. The van der Waals surface area contributed by atoms with Crippen LogP contribution in [-0.4, -0.2) is 55.3 Å². The summed E-state index contributed by atoms with van der Waals surface area (Å²) in [4.78, 5) is 79.2. The zero-order valence-corrected chi connectivity index (χ0v) is 25.7. The molecule has 0 fully saturated rings. The molecule has 236 valence electrons. The summed E-state index contributed by atoms with van der Waals surface area (Å²) in [6.07, 6.45) is -0.958. The Labute approximate surface area is 266 Å². The van der Waals surface area contributed by atoms with Gasteiger partial charge in [-0.05, 0) is 75.2 Å². The van der Waals surface area contributed by atoms with E-state index in [-0.39, 0.29) is 50.1 Å². The Morgan fingerprint density at radius 1 is 0.596 bits per heavy atom. The van der Waals surface area contributed by atoms with Crippen LogP contribution in [0.1, 0.15) is 118 Å². The van der Waals surface area contributed by atoms with E-state index in [2.05, 4.69) is 0 Å². The first-order chi connectivity index (χ1) is 22.1. The van der Waals surface area contributed by atoms with Gasteiger partial charge in [0.1, 0.15) is 29.1 Å². The van der Waals surface area contributed by atoms with Crippen LogP contribution in [0.2, 0.25) is 0 Å². The molecule has 0 aliphatic heterocycles. The standard InChI is InChI=1S/C36H26O11/c1-12-10-21(39)27-29(23(12)14(3)37)33(43)19-8-6-17(31(41)25(19)35(27)45)18-7-9-20-26(32(18)42)36(46)28-22(40)11-13(2)24(30(28)34(20)44)15(4)47-16(5)38/h6-11,15,39-42H,1-5H3. The first-order valence-electron chi connectivity index (χ1n) is 14.4. The topological polar surface area (TPSA) is 193 Å². The maximum absolute atomic E-state index is 13.9. The number of carbonyl (C=O) groups is 6. The Hall–Kier alpha value is -6.10. The Bertz CT molecular complexity index is 2220. The molecule has 4 aromatic carbocycles. The fourth-order valence-corrected chi connectivity index (χ4v) is 6.80. The van der Waals surface area contributed by atoms with Crippen molar-refractivity contribution in [2.45, 2.75) is 40.7 Å². The SMILES string of the molecule is CC(=O)OC(C)c1c(C)cc(O)c2c1C(=O)c1ccc(-c3ccc4c(c3O)C(=O)c3c(O)cc(C)c(C(C)=O)c3C4=O)c(O)c1C2=O. The second kappa shape index (κ2) is 10.5. The van der Waals surface area contributed by atoms with Gasteiger partial charge >= 0.3 is 5.97 Å². The minimum absolute atomic E-state index is 0.0370. The van der Waals surface area contributed by atoms with Gasteiger partial charge in [-0.3, -0.25) is 28.8 Å². The van der Waals surface area contributed by atoms with Gasteiger partial charge in [0.2, 0.25) is 11.6 Å². The van der Waals surface area contributed by atoms with E-state index in [0.29, 0.717) is 5.56 Å². The van der Waals surface area contributed by atoms with Crippen molar-refractivity contribution >= 4 is 34.9 Å². The van der Waals surface area contributed by atoms with Crippen molar-refractivity contribution in [3.8, 4) is 34.1 Å². The molecule has 4 N–H and O–H groups in total. The average molecular weight is 635 g/mol. The van der Waals surface area contributed by atoms with Gasteiger partial charge in [-0.2, -0.15) is 0 Å². The Kier molecular flexibility index (Phi) is 6.89. The summed E-state index contributed by atoms with van der Waals surface area (Å²) >= 11 is 0. The van der Waals surface area contributed by atoms with Crippen molar-refractivity contribution in [3.63, 3.8) is 0 Å². The van der Waals surface area contributed by atoms with E-state index in [4.69, 9.17) is 4.74 Å². The largest absolute Gasteiger partial charge is 0.507 e. The highest BCUT2D eigenvalue weighted by atomic mass is 16.5. The van der Waals surface area contributed by atoms with Crippen molar-refractivity contribution in [3.05, 3.63) is 103 Å². The zero-order chi connectivity index (χ0) is 34.4. The molecule has 0 saturated carbocycles. The molecule has 2 aliphatic rings. The lowest BCUT2D eigenvalue weighted by Gasteiger charge is -2.26. The third-order valence-corrected chi connectivity index (χ3v) is 8.66. The zero-order valence-electron chi connectivity index (χ0n) is 25.7. The summed E-state index contributed by atoms with van der Waals surface area (Å²) in [6, 6.07) is 7.36. The molecule has 1 atom stereocenters. The Morgan fingerprint density at radius 3 is 1.49 bits per heavy atom. The highest BCUT2D eigenvalue weighted by Crippen LogP contribution is 2.48. The third kappa shape index (κ3) is 4.27. The average Bonchev–Trinajstić information content (AvgIpc) is 2.97. The van der Waals surface area contributed by atoms with Crippen LogP contribution in [0.25, 0.3) is 11.1 Å². The lowest BCUT2D eigenvalue weighted by atomic mass is 9.76. The van der Waals surface area contributed by atoms with Crippen LogP contribution in [0.4, 0.5) is 0 Å². The van der Waals surface area contributed by atoms with Gasteiger partial charge in [0.25, 0.3) is 0 Å². The molecule has 2 aliphatic carbocycles. The van der Waals surface area contributed by atoms with E-state index in [9.17, 15) is 49.2 Å². The lowest BCUT2D eigenvalue weighted by molar-refractivity contribution is -0.145. The summed E-state index contributed by atoms with van der Waals surface area (Å²) in [6.45, 7) is 7.01. The van der Waals surface area contributed by atoms with Gasteiger partial charge in [0.05, 0.1) is 22.3 Å². The number of phenolic OH excluding ortho intramolecular Hbond substituents is 4. The van der Waals surface area contributed by atoms with Gasteiger partial charge in [0.15, 0.2) is 17.3 Å². The molecule has 11 nitrogen and oxygen atoms in total. The molecule has 4 aromatic rings. The molecule has 0 bridgehead atoms. The number of benzene rings is 4. The second-order valence-corrected chi connectivity index (χ2v) is 11.6. The van der Waals surface area contributed by atoms with Crippen molar-refractivity contribution in [1.29, 1.82) is 0 Å². The molecule has 0 saturated heterocycles. The van der Waals surface area contributed by atoms with Crippen LogP contribution in [0.5, 0.6) is 23.0 Å². The van der Waals surface area contributed by atoms with Crippen molar-refractivity contribution in [1.82, 2.24) is 0 Å². The van der Waals surface area contributed by atoms with E-state index in [1.165, 1.54) is 64.1 Å². The summed E-state index contributed by atoms with van der Waals surface area (Å²) in [5.41, 5.74) is -2.29. The van der Waals surface area contributed by atoms with E-state index in [1.54, 1.807) is 6.92 Å². The van der Waals surface area contributed by atoms with E-state index < -0.39 is 86.2 Å². The molecule has 47 heavy (non-hydrogen) atoms. The minimum Gasteiger partial charge on any atom is -0.507 e. The van der Waals surface area contributed by atoms with Crippen molar-refractivity contribution in [2.24, 2.45) is 0 Å². The van der Waals surface area contributed by atoms with Gasteiger partial charge < -0.3 is 25.2 Å². The predicted molar refractivity (Wildman–Crippen MR) is 165 cm³/mol. The summed E-state index contributed by atoms with van der Waals surface area (Å²) in [7, 11) is 0. The molecule has 1 unspecified atom stereocenters. The smallest absolute Gasteiger partial charge is 0.303 e. The number of Topliss-reactive ketones (excluding diaryl/α,β-unsaturated/α-hetero) is 1. The summed E-state index contributed by atoms with van der Waals surface area (Å²) in [5, 5.41) is 44.3. The van der Waals surface area contributed by atoms with Crippen LogP contribution in [0, 0.1) is 13.8 Å². The molecular formula is C36H26O11. The number of hydrogen-bond acceptors (Lipinski definition) is 11. The van der Waals surface area contributed by atoms with Gasteiger partial charge in [-0.25, -0.2) is 0 Å². The minimum atomic E-state index is -0.958. The Balaban J connectivity index is 1.53. The number of hydrogen-bond donors (Lipinski definition) is 4. The van der Waals surface area contributed by atoms with Crippen LogP contribution >= 0.6 is 0 Å². The van der Waals surface area contributed by atoms with Gasteiger partial charge in [0, 0.05) is 51.4 Å². The van der Waals surface area contributed by atoms with E-state index in [0.717, 1.165) is 0 Å². The number of ether oxygens (including phenoxy) is 1. The first-order valence-corrected chi connectivity index (χ1v) is 14.4.